The molecule has 0 aromatic carbocycles. The van der Waals surface area contributed by atoms with Crippen LogP contribution in [0.1, 0.15) is 70.0 Å². The van der Waals surface area contributed by atoms with Gasteiger partial charge < -0.3 is 14.6 Å². The van der Waals surface area contributed by atoms with Crippen molar-refractivity contribution >= 4 is 23.6 Å². The summed E-state index contributed by atoms with van der Waals surface area (Å²) >= 11 is 1.82. The predicted molar refractivity (Wildman–Crippen MR) is 106 cm³/mol. The van der Waals surface area contributed by atoms with Gasteiger partial charge in [-0.15, -0.1) is 0 Å². The van der Waals surface area contributed by atoms with E-state index in [1.807, 2.05) is 28.8 Å². The maximum absolute atomic E-state index is 13.7. The fraction of sp³-hybridized carbons (Fsp3) is 0.714. The normalized spacial score (nSPS) is 29.9. The van der Waals surface area contributed by atoms with Crippen LogP contribution in [0.25, 0.3) is 0 Å². The van der Waals surface area contributed by atoms with E-state index in [1.165, 1.54) is 19.3 Å². The highest BCUT2D eigenvalue weighted by Crippen LogP contribution is 2.44. The Balaban J connectivity index is 1.65. The van der Waals surface area contributed by atoms with Gasteiger partial charge in [-0.3, -0.25) is 9.59 Å². The van der Waals surface area contributed by atoms with Crippen molar-refractivity contribution in [3.63, 3.8) is 0 Å². The average molecular weight is 391 g/mol. The third-order valence-corrected chi connectivity index (χ3v) is 7.92. The molecular formula is C21H30N2O3S. The van der Waals surface area contributed by atoms with Crippen molar-refractivity contribution in [1.29, 1.82) is 0 Å². The molecule has 0 spiro atoms. The molecule has 2 heterocycles. The Morgan fingerprint density at radius 2 is 2.04 bits per heavy atom. The summed E-state index contributed by atoms with van der Waals surface area (Å²) in [6.45, 7) is 0.390. The van der Waals surface area contributed by atoms with Crippen molar-refractivity contribution in [2.24, 2.45) is 0 Å². The minimum Gasteiger partial charge on any atom is -0.467 e. The molecule has 1 N–H and O–H groups in total. The van der Waals surface area contributed by atoms with Crippen LogP contribution in [0.4, 0.5) is 0 Å². The van der Waals surface area contributed by atoms with Gasteiger partial charge in [0.05, 0.1) is 12.8 Å². The van der Waals surface area contributed by atoms with E-state index in [1.54, 1.807) is 6.26 Å². The fourth-order valence-corrected chi connectivity index (χ4v) is 6.57. The van der Waals surface area contributed by atoms with Crippen LogP contribution in [0, 0.1) is 0 Å². The number of rotatable bonds is 4. The van der Waals surface area contributed by atoms with E-state index >= 15 is 0 Å². The summed E-state index contributed by atoms with van der Waals surface area (Å²) in [6, 6.07) is 4.01. The van der Waals surface area contributed by atoms with Crippen molar-refractivity contribution in [3.05, 3.63) is 24.2 Å². The molecule has 148 valence electrons. The van der Waals surface area contributed by atoms with Crippen molar-refractivity contribution in [1.82, 2.24) is 10.2 Å². The molecular weight excluding hydrogens is 360 g/mol. The molecule has 1 aliphatic heterocycles. The average Bonchev–Trinajstić information content (AvgIpc) is 3.15. The van der Waals surface area contributed by atoms with Gasteiger partial charge in [-0.1, -0.05) is 32.1 Å². The lowest BCUT2D eigenvalue weighted by Crippen LogP contribution is -2.66. The highest BCUT2D eigenvalue weighted by molar-refractivity contribution is 8.00. The van der Waals surface area contributed by atoms with Crippen LogP contribution in [0.2, 0.25) is 0 Å². The van der Waals surface area contributed by atoms with Crippen molar-refractivity contribution in [3.8, 4) is 0 Å². The minimum atomic E-state index is -0.735. The largest absolute Gasteiger partial charge is 0.467 e. The second-order valence-electron chi connectivity index (χ2n) is 8.15. The highest BCUT2D eigenvalue weighted by Gasteiger charge is 2.54. The molecule has 0 radical (unpaired) electrons. The molecule has 3 fully saturated rings. The molecule has 2 aliphatic carbocycles. The summed E-state index contributed by atoms with van der Waals surface area (Å²) in [6.07, 6.45) is 11.8. The number of hydrogen-bond acceptors (Lipinski definition) is 4. The Morgan fingerprint density at radius 3 is 2.81 bits per heavy atom. The number of amides is 2. The van der Waals surface area contributed by atoms with E-state index in [-0.39, 0.29) is 23.1 Å². The number of fused-ring (bicyclic) bond motifs is 1. The van der Waals surface area contributed by atoms with Crippen LogP contribution in [0.15, 0.2) is 22.8 Å². The highest BCUT2D eigenvalue weighted by atomic mass is 32.2. The van der Waals surface area contributed by atoms with Gasteiger partial charge in [-0.2, -0.15) is 11.8 Å². The first-order valence-corrected chi connectivity index (χ1v) is 11.5. The Morgan fingerprint density at radius 1 is 1.22 bits per heavy atom. The Hall–Kier alpha value is -1.43. The number of thioether (sulfide) groups is 1. The number of nitrogens with one attached hydrogen (secondary N) is 1. The molecule has 2 amide bonds. The molecule has 1 aromatic rings. The monoisotopic (exact) mass is 390 g/mol. The van der Waals surface area contributed by atoms with E-state index in [2.05, 4.69) is 5.32 Å². The first-order valence-electron chi connectivity index (χ1n) is 10.5. The molecule has 6 heteroatoms. The summed E-state index contributed by atoms with van der Waals surface area (Å²) in [7, 11) is 0. The molecule has 3 aliphatic rings. The van der Waals surface area contributed by atoms with Gasteiger partial charge in [-0.25, -0.2) is 0 Å². The number of hydrogen-bond donors (Lipinski definition) is 1. The molecule has 0 unspecified atom stereocenters. The smallest absolute Gasteiger partial charge is 0.247 e. The third-order valence-electron chi connectivity index (χ3n) is 6.45. The summed E-state index contributed by atoms with van der Waals surface area (Å²) in [5.41, 5.74) is -0.735. The van der Waals surface area contributed by atoms with Crippen molar-refractivity contribution < 1.29 is 14.0 Å². The minimum absolute atomic E-state index is 0.0772. The first kappa shape index (κ1) is 18.9. The topological polar surface area (TPSA) is 62.6 Å². The van der Waals surface area contributed by atoms with E-state index in [4.69, 9.17) is 4.42 Å². The van der Waals surface area contributed by atoms with E-state index in [0.29, 0.717) is 13.0 Å². The van der Waals surface area contributed by atoms with Crippen LogP contribution in [-0.2, 0) is 16.1 Å². The Bertz CT molecular complexity index is 656. The van der Waals surface area contributed by atoms with Gasteiger partial charge in [0.15, 0.2) is 0 Å². The first-order chi connectivity index (χ1) is 13.2. The van der Waals surface area contributed by atoms with E-state index in [0.717, 1.165) is 50.0 Å². The quantitative estimate of drug-likeness (QED) is 0.848. The van der Waals surface area contributed by atoms with Crippen LogP contribution in [-0.4, -0.2) is 39.3 Å². The summed E-state index contributed by atoms with van der Waals surface area (Å²) < 4.78 is 5.55. The summed E-state index contributed by atoms with van der Waals surface area (Å²) in [5.74, 6) is 1.72. The predicted octanol–water partition coefficient (Wildman–Crippen LogP) is 3.88. The van der Waals surface area contributed by atoms with Gasteiger partial charge in [0.2, 0.25) is 11.8 Å². The molecule has 4 rings (SSSR count). The zero-order valence-electron chi connectivity index (χ0n) is 16.0. The standard InChI is InChI=1S/C21H30N2O3S/c24-19-11-14-27-18-10-4-5-12-21(18,23(19)15-17-9-6-13-26-17)20(25)22-16-7-2-1-3-8-16/h6,9,13,16,18H,1-5,7-8,10-12,14-15H2,(H,22,25)/t18-,21-/m0/s1. The molecule has 2 atom stereocenters. The van der Waals surface area contributed by atoms with Gasteiger partial charge in [0, 0.05) is 23.5 Å². The van der Waals surface area contributed by atoms with Crippen LogP contribution >= 0.6 is 11.8 Å². The van der Waals surface area contributed by atoms with Crippen LogP contribution in [0.5, 0.6) is 0 Å². The lowest BCUT2D eigenvalue weighted by atomic mass is 9.78. The van der Waals surface area contributed by atoms with Gasteiger partial charge in [0.25, 0.3) is 0 Å². The maximum Gasteiger partial charge on any atom is 0.247 e. The third kappa shape index (κ3) is 3.78. The maximum atomic E-state index is 13.7. The lowest BCUT2D eigenvalue weighted by molar-refractivity contribution is -0.151. The zero-order chi connectivity index (χ0) is 18.7. The van der Waals surface area contributed by atoms with E-state index < -0.39 is 5.54 Å². The van der Waals surface area contributed by atoms with Crippen LogP contribution < -0.4 is 5.32 Å². The molecule has 2 saturated carbocycles. The summed E-state index contributed by atoms with van der Waals surface area (Å²) in [5, 5.41) is 3.54. The lowest BCUT2D eigenvalue weighted by Gasteiger charge is -2.48. The summed E-state index contributed by atoms with van der Waals surface area (Å²) in [4.78, 5) is 28.7. The van der Waals surface area contributed by atoms with Crippen molar-refractivity contribution in [2.75, 3.05) is 5.75 Å². The number of furan rings is 1. The van der Waals surface area contributed by atoms with Crippen LogP contribution in [0.3, 0.4) is 0 Å². The number of carbonyl (C=O) groups excluding carboxylic acids is 2. The van der Waals surface area contributed by atoms with Gasteiger partial charge in [0.1, 0.15) is 11.3 Å². The van der Waals surface area contributed by atoms with Gasteiger partial charge >= 0.3 is 0 Å². The fourth-order valence-electron chi connectivity index (χ4n) is 5.03. The Kier molecular flexibility index (Phi) is 5.81. The molecule has 5 nitrogen and oxygen atoms in total. The number of nitrogens with zero attached hydrogens (tertiary/aromatic N) is 1. The zero-order valence-corrected chi connectivity index (χ0v) is 16.8. The molecule has 0 bridgehead atoms. The SMILES string of the molecule is O=C1CCS[C@H]2CCCC[C@]2(C(=O)NC2CCCCC2)N1Cc1ccco1. The molecule has 1 aromatic heterocycles. The molecule has 27 heavy (non-hydrogen) atoms. The van der Waals surface area contributed by atoms with Gasteiger partial charge in [-0.05, 0) is 37.8 Å². The van der Waals surface area contributed by atoms with E-state index in [9.17, 15) is 9.59 Å². The molecule has 1 saturated heterocycles. The number of carbonyl (C=O) groups is 2. The van der Waals surface area contributed by atoms with Crippen molar-refractivity contribution in [2.45, 2.75) is 87.6 Å². The Labute approximate surface area is 165 Å². The second kappa shape index (κ2) is 8.29. The second-order valence-corrected chi connectivity index (χ2v) is 9.46.